The predicted molar refractivity (Wildman–Crippen MR) is 167 cm³/mol. The van der Waals surface area contributed by atoms with Crippen LogP contribution in [0.3, 0.4) is 0 Å². The quantitative estimate of drug-likeness (QED) is 0.325. The van der Waals surface area contributed by atoms with Crippen molar-refractivity contribution in [2.75, 3.05) is 39.3 Å². The normalized spacial score (nSPS) is 21.9. The van der Waals surface area contributed by atoms with Crippen LogP contribution >= 0.6 is 11.6 Å². The van der Waals surface area contributed by atoms with Crippen molar-refractivity contribution in [3.8, 4) is 0 Å². The van der Waals surface area contributed by atoms with Crippen LogP contribution in [0.25, 0.3) is 0 Å². The van der Waals surface area contributed by atoms with E-state index in [2.05, 4.69) is 36.8 Å². The summed E-state index contributed by atoms with van der Waals surface area (Å²) in [6, 6.07) is 8.55. The van der Waals surface area contributed by atoms with Crippen LogP contribution in [0.2, 0.25) is 5.02 Å². The monoisotopic (exact) mass is 588 g/mol. The first-order chi connectivity index (χ1) is 19.8. The summed E-state index contributed by atoms with van der Waals surface area (Å²) in [6.45, 7) is 16.6. The smallest absolute Gasteiger partial charge is 0.240 e. The van der Waals surface area contributed by atoms with Crippen molar-refractivity contribution in [1.29, 1.82) is 0 Å². The number of aliphatic hydroxyl groups is 1. The number of nitrogens with zero attached hydrogens (tertiary/aromatic N) is 7. The molecule has 41 heavy (non-hydrogen) atoms. The molecule has 2 aromatic rings. The second kappa shape index (κ2) is 16.3. The van der Waals surface area contributed by atoms with Crippen LogP contribution in [-0.2, 0) is 0 Å². The highest BCUT2D eigenvalue weighted by Gasteiger charge is 2.35. The first kappa shape index (κ1) is 33.1. The lowest BCUT2D eigenvalue weighted by Crippen LogP contribution is -2.59. The Labute approximate surface area is 250 Å². The Morgan fingerprint density at radius 3 is 2.39 bits per heavy atom. The van der Waals surface area contributed by atoms with Gasteiger partial charge in [-0.05, 0) is 50.8 Å². The summed E-state index contributed by atoms with van der Waals surface area (Å²) in [5, 5.41) is 18.9. The van der Waals surface area contributed by atoms with E-state index in [4.69, 9.17) is 26.7 Å². The first-order valence-corrected chi connectivity index (χ1v) is 15.4. The molecule has 3 N–H and O–H groups in total. The summed E-state index contributed by atoms with van der Waals surface area (Å²) in [4.78, 5) is 16.8. The number of likely N-dealkylation sites (tertiary alicyclic amines) is 1. The largest absolute Gasteiger partial charge is 0.423 e. The molecule has 1 aromatic heterocycles. The van der Waals surface area contributed by atoms with E-state index in [0.717, 1.165) is 68.4 Å². The second-order valence-electron chi connectivity index (χ2n) is 10.6. The molecule has 11 heteroatoms. The molecule has 0 spiro atoms. The lowest BCUT2D eigenvalue weighted by molar-refractivity contribution is 0.0162. The minimum Gasteiger partial charge on any atom is -0.423 e. The third kappa shape index (κ3) is 9.06. The van der Waals surface area contributed by atoms with E-state index in [1.165, 1.54) is 0 Å². The number of piperidine rings is 1. The Morgan fingerprint density at radius 2 is 1.83 bits per heavy atom. The van der Waals surface area contributed by atoms with Crippen LogP contribution < -0.4 is 5.73 Å². The van der Waals surface area contributed by atoms with Crippen LogP contribution in [0.4, 0.5) is 0 Å². The minimum atomic E-state index is -0.324. The van der Waals surface area contributed by atoms with Gasteiger partial charge in [-0.3, -0.25) is 14.8 Å². The van der Waals surface area contributed by atoms with Crippen LogP contribution in [0.5, 0.6) is 0 Å². The first-order valence-electron chi connectivity index (χ1n) is 15.1. The van der Waals surface area contributed by atoms with E-state index in [1.54, 1.807) is 13.1 Å². The molecule has 2 saturated heterocycles. The highest BCUT2D eigenvalue weighted by atomic mass is 35.5. The third-order valence-electron chi connectivity index (χ3n) is 7.81. The standard InChI is InChI=1S/C28H43ClN8O2.C2H6/c1-5-24-17-36(27(32-20(3)30)16-31-19(2)28-34-33-21(4)39-28)14-15-37(24)25-10-12-35(13-11-25)26(18-38)22-6-8-23(29)9-7-22;1-2/h6-9,16,19-20,24-26,38H,5,10-15,17-18,30H2,1-4H3;1-2H3/b31-16?,32-27+;/t19?,20?,24?,26-;/m0./s1. The Bertz CT molecular complexity index is 1100. The molecule has 2 aliphatic rings. The molecule has 0 saturated carbocycles. The third-order valence-corrected chi connectivity index (χ3v) is 8.06. The molecule has 4 atom stereocenters. The summed E-state index contributed by atoms with van der Waals surface area (Å²) in [7, 11) is 0. The summed E-state index contributed by atoms with van der Waals surface area (Å²) >= 11 is 6.08. The number of aromatic nitrogens is 2. The van der Waals surface area contributed by atoms with Gasteiger partial charge in [0.15, 0.2) is 0 Å². The van der Waals surface area contributed by atoms with Crippen molar-refractivity contribution >= 4 is 23.7 Å². The Kier molecular flexibility index (Phi) is 13.2. The number of piperazine rings is 1. The number of benzene rings is 1. The van der Waals surface area contributed by atoms with Gasteiger partial charge in [0.1, 0.15) is 11.9 Å². The molecule has 2 aliphatic heterocycles. The number of hydrogen-bond donors (Lipinski definition) is 2. The van der Waals surface area contributed by atoms with Crippen molar-refractivity contribution < 1.29 is 9.52 Å². The molecule has 3 heterocycles. The van der Waals surface area contributed by atoms with Crippen LogP contribution in [0, 0.1) is 6.92 Å². The van der Waals surface area contributed by atoms with Crippen molar-refractivity contribution in [1.82, 2.24) is 24.9 Å². The number of hydrogen-bond acceptors (Lipinski definition) is 9. The Morgan fingerprint density at radius 1 is 1.15 bits per heavy atom. The fourth-order valence-corrected chi connectivity index (χ4v) is 5.82. The van der Waals surface area contributed by atoms with Gasteiger partial charge in [-0.2, -0.15) is 0 Å². The number of amidine groups is 1. The van der Waals surface area contributed by atoms with Gasteiger partial charge < -0.3 is 20.2 Å². The molecule has 4 rings (SSSR count). The number of halogens is 1. The number of nitrogens with two attached hydrogens (primary N) is 1. The molecular weight excluding hydrogens is 540 g/mol. The zero-order chi connectivity index (χ0) is 29.9. The summed E-state index contributed by atoms with van der Waals surface area (Å²) in [6.07, 6.45) is 4.71. The number of aliphatic imine (C=N–C) groups is 2. The fraction of sp³-hybridized carbons (Fsp3) is 0.667. The lowest BCUT2D eigenvalue weighted by atomic mass is 9.96. The molecule has 10 nitrogen and oxygen atoms in total. The summed E-state index contributed by atoms with van der Waals surface area (Å²) < 4.78 is 5.54. The molecule has 0 amide bonds. The number of aryl methyl sites for hydroxylation is 1. The molecular formula is C30H49ClN8O2. The average Bonchev–Trinajstić information content (AvgIpc) is 3.43. The van der Waals surface area contributed by atoms with Crippen LogP contribution in [0.1, 0.15) is 83.3 Å². The fourth-order valence-electron chi connectivity index (χ4n) is 5.70. The van der Waals surface area contributed by atoms with Crippen molar-refractivity contribution in [3.05, 3.63) is 46.6 Å². The van der Waals surface area contributed by atoms with Crippen LogP contribution in [0.15, 0.2) is 38.7 Å². The van der Waals surface area contributed by atoms with Crippen molar-refractivity contribution in [3.63, 3.8) is 0 Å². The van der Waals surface area contributed by atoms with Gasteiger partial charge in [0, 0.05) is 56.8 Å². The zero-order valence-electron chi connectivity index (χ0n) is 25.6. The topological polar surface area (TPSA) is 120 Å². The summed E-state index contributed by atoms with van der Waals surface area (Å²) in [5.41, 5.74) is 7.19. The van der Waals surface area contributed by atoms with Crippen molar-refractivity contribution in [2.45, 2.75) is 91.1 Å². The van der Waals surface area contributed by atoms with Gasteiger partial charge in [-0.1, -0.05) is 44.5 Å². The Hall–Kier alpha value is -2.37. The molecule has 228 valence electrons. The highest BCUT2D eigenvalue weighted by Crippen LogP contribution is 2.29. The molecule has 2 fully saturated rings. The maximum Gasteiger partial charge on any atom is 0.240 e. The lowest BCUT2D eigenvalue weighted by Gasteiger charge is -2.48. The summed E-state index contributed by atoms with van der Waals surface area (Å²) in [5.74, 6) is 1.82. The van der Waals surface area contributed by atoms with Gasteiger partial charge in [0.05, 0.1) is 25.0 Å². The van der Waals surface area contributed by atoms with Gasteiger partial charge in [0.2, 0.25) is 11.8 Å². The second-order valence-corrected chi connectivity index (χ2v) is 11.0. The van der Waals surface area contributed by atoms with E-state index < -0.39 is 0 Å². The molecule has 1 aromatic carbocycles. The van der Waals surface area contributed by atoms with Crippen molar-refractivity contribution in [2.24, 2.45) is 15.7 Å². The van der Waals surface area contributed by atoms with E-state index in [-0.39, 0.29) is 24.9 Å². The molecule has 0 aliphatic carbocycles. The van der Waals surface area contributed by atoms with Gasteiger partial charge in [-0.25, -0.2) is 4.99 Å². The minimum absolute atomic E-state index is 0.0109. The number of aliphatic hydroxyl groups excluding tert-OH is 1. The Balaban J connectivity index is 0.00000226. The van der Waals surface area contributed by atoms with Gasteiger partial charge in [-0.15, -0.1) is 10.2 Å². The maximum absolute atomic E-state index is 10.1. The zero-order valence-corrected chi connectivity index (χ0v) is 26.3. The number of rotatable bonds is 9. The van der Waals surface area contributed by atoms with E-state index in [0.29, 0.717) is 23.9 Å². The average molecular weight is 589 g/mol. The maximum atomic E-state index is 10.1. The molecule has 0 radical (unpaired) electrons. The van der Waals surface area contributed by atoms with E-state index >= 15 is 0 Å². The highest BCUT2D eigenvalue weighted by molar-refractivity contribution is 6.30. The molecule has 3 unspecified atom stereocenters. The SMILES string of the molecule is CC.CCC1CN(/C(C=NC(C)c2nnc(C)o2)=N/C(C)N)CCN1C1CCN([C@@H](CO)c2ccc(Cl)cc2)CC1. The predicted octanol–water partition coefficient (Wildman–Crippen LogP) is 4.49. The van der Waals surface area contributed by atoms with Gasteiger partial charge >= 0.3 is 0 Å². The van der Waals surface area contributed by atoms with E-state index in [1.807, 2.05) is 52.0 Å². The van der Waals surface area contributed by atoms with E-state index in [9.17, 15) is 5.11 Å². The molecule has 0 bridgehead atoms. The van der Waals surface area contributed by atoms with Gasteiger partial charge in [0.25, 0.3) is 0 Å². The van der Waals surface area contributed by atoms with Crippen LogP contribution in [-0.4, -0.2) is 99.6 Å².